The molecule has 1 amide bonds. The van der Waals surface area contributed by atoms with Crippen LogP contribution in [0.2, 0.25) is 0 Å². The molecule has 1 aromatic rings. The third-order valence-corrected chi connectivity index (χ3v) is 6.88. The number of aromatic nitrogens is 2. The zero-order chi connectivity index (χ0) is 19.0. The summed E-state index contributed by atoms with van der Waals surface area (Å²) in [7, 11) is 0. The minimum absolute atomic E-state index is 0.240. The molecule has 1 spiro atoms. The number of carbonyl (C=O) groups excluding carboxylic acids is 1. The third-order valence-electron chi connectivity index (χ3n) is 6.88. The Kier molecular flexibility index (Phi) is 5.10. The molecule has 6 heteroatoms. The summed E-state index contributed by atoms with van der Waals surface area (Å²) in [5, 5.41) is 0. The molecule has 1 aliphatic carbocycles. The highest BCUT2D eigenvalue weighted by Crippen LogP contribution is 2.45. The molecule has 1 saturated carbocycles. The first-order valence-corrected chi connectivity index (χ1v) is 10.5. The van der Waals surface area contributed by atoms with E-state index in [-0.39, 0.29) is 5.91 Å². The SMILES string of the molecule is CC(=O)N1CC2(CCC(N3CCN(c4cnc(C(C)C)nc4)CC3)CC2)C1. The predicted molar refractivity (Wildman–Crippen MR) is 107 cm³/mol. The maximum atomic E-state index is 11.5. The summed E-state index contributed by atoms with van der Waals surface area (Å²) in [6, 6.07) is 0.726. The molecule has 0 unspecified atom stereocenters. The summed E-state index contributed by atoms with van der Waals surface area (Å²) in [4.78, 5) is 27.6. The van der Waals surface area contributed by atoms with Crippen molar-refractivity contribution in [2.24, 2.45) is 5.41 Å². The van der Waals surface area contributed by atoms with Crippen molar-refractivity contribution >= 4 is 11.6 Å². The van der Waals surface area contributed by atoms with Gasteiger partial charge in [0, 0.05) is 63.6 Å². The van der Waals surface area contributed by atoms with Gasteiger partial charge in [0.05, 0.1) is 18.1 Å². The predicted octanol–water partition coefficient (Wildman–Crippen LogP) is 2.51. The molecule has 0 N–H and O–H groups in total. The van der Waals surface area contributed by atoms with Crippen LogP contribution in [0.25, 0.3) is 0 Å². The van der Waals surface area contributed by atoms with E-state index < -0.39 is 0 Å². The van der Waals surface area contributed by atoms with Crippen molar-refractivity contribution in [2.75, 3.05) is 44.2 Å². The normalized spacial score (nSPS) is 23.7. The van der Waals surface area contributed by atoms with E-state index >= 15 is 0 Å². The number of carbonyl (C=O) groups is 1. The number of hydrogen-bond donors (Lipinski definition) is 0. The zero-order valence-electron chi connectivity index (χ0n) is 17.0. The molecule has 3 aliphatic rings. The van der Waals surface area contributed by atoms with Crippen molar-refractivity contribution in [3.63, 3.8) is 0 Å². The molecule has 27 heavy (non-hydrogen) atoms. The first-order valence-electron chi connectivity index (χ1n) is 10.5. The highest BCUT2D eigenvalue weighted by molar-refractivity contribution is 5.74. The molecule has 3 heterocycles. The van der Waals surface area contributed by atoms with E-state index in [1.807, 2.05) is 17.3 Å². The van der Waals surface area contributed by atoms with E-state index in [1.54, 1.807) is 6.92 Å². The first kappa shape index (κ1) is 18.7. The summed E-state index contributed by atoms with van der Waals surface area (Å²) in [6.07, 6.45) is 9.12. The topological polar surface area (TPSA) is 52.6 Å². The van der Waals surface area contributed by atoms with E-state index in [0.717, 1.165) is 56.8 Å². The van der Waals surface area contributed by atoms with Gasteiger partial charge in [-0.05, 0) is 25.7 Å². The zero-order valence-corrected chi connectivity index (χ0v) is 17.0. The quantitative estimate of drug-likeness (QED) is 0.817. The summed E-state index contributed by atoms with van der Waals surface area (Å²) < 4.78 is 0. The fourth-order valence-electron chi connectivity index (χ4n) is 5.02. The number of amides is 1. The Hall–Kier alpha value is -1.69. The molecule has 0 bridgehead atoms. The van der Waals surface area contributed by atoms with Crippen LogP contribution in [-0.2, 0) is 4.79 Å². The fraction of sp³-hybridized carbons (Fsp3) is 0.762. The maximum absolute atomic E-state index is 11.5. The van der Waals surface area contributed by atoms with Crippen LogP contribution in [0.1, 0.15) is 58.2 Å². The second-order valence-electron chi connectivity index (χ2n) is 9.08. The van der Waals surface area contributed by atoms with Crippen molar-refractivity contribution in [1.29, 1.82) is 0 Å². The van der Waals surface area contributed by atoms with Gasteiger partial charge in [-0.25, -0.2) is 9.97 Å². The molecule has 0 radical (unpaired) electrons. The highest BCUT2D eigenvalue weighted by Gasteiger charge is 2.46. The van der Waals surface area contributed by atoms with E-state index in [9.17, 15) is 4.79 Å². The monoisotopic (exact) mass is 371 g/mol. The van der Waals surface area contributed by atoms with Gasteiger partial charge in [0.25, 0.3) is 0 Å². The minimum atomic E-state index is 0.240. The minimum Gasteiger partial charge on any atom is -0.366 e. The average Bonchev–Trinajstić information content (AvgIpc) is 2.66. The lowest BCUT2D eigenvalue weighted by Crippen LogP contribution is -2.60. The van der Waals surface area contributed by atoms with Gasteiger partial charge in [0.1, 0.15) is 5.82 Å². The molecule has 2 aliphatic heterocycles. The second kappa shape index (κ2) is 7.38. The smallest absolute Gasteiger partial charge is 0.219 e. The van der Waals surface area contributed by atoms with Crippen molar-refractivity contribution in [2.45, 2.75) is 58.4 Å². The van der Waals surface area contributed by atoms with Gasteiger partial charge in [-0.2, -0.15) is 0 Å². The summed E-state index contributed by atoms with van der Waals surface area (Å²) in [6.45, 7) is 12.3. The lowest BCUT2D eigenvalue weighted by atomic mass is 9.67. The largest absolute Gasteiger partial charge is 0.366 e. The summed E-state index contributed by atoms with van der Waals surface area (Å²) in [5.74, 6) is 1.54. The average molecular weight is 372 g/mol. The number of piperazine rings is 1. The molecule has 3 fully saturated rings. The van der Waals surface area contributed by atoms with Crippen LogP contribution >= 0.6 is 0 Å². The van der Waals surface area contributed by atoms with E-state index in [1.165, 1.54) is 25.7 Å². The van der Waals surface area contributed by atoms with Crippen LogP contribution in [0.3, 0.4) is 0 Å². The Morgan fingerprint density at radius 1 is 1.07 bits per heavy atom. The summed E-state index contributed by atoms with van der Waals surface area (Å²) >= 11 is 0. The number of nitrogens with zero attached hydrogens (tertiary/aromatic N) is 5. The van der Waals surface area contributed by atoms with Gasteiger partial charge < -0.3 is 9.80 Å². The Morgan fingerprint density at radius 3 is 2.19 bits per heavy atom. The maximum Gasteiger partial charge on any atom is 0.219 e. The van der Waals surface area contributed by atoms with Crippen molar-refractivity contribution in [3.05, 3.63) is 18.2 Å². The van der Waals surface area contributed by atoms with E-state index in [0.29, 0.717) is 11.3 Å². The van der Waals surface area contributed by atoms with Gasteiger partial charge in [0.2, 0.25) is 5.91 Å². The van der Waals surface area contributed by atoms with Gasteiger partial charge in [-0.3, -0.25) is 9.69 Å². The molecule has 6 nitrogen and oxygen atoms in total. The van der Waals surface area contributed by atoms with Crippen molar-refractivity contribution in [3.8, 4) is 0 Å². The van der Waals surface area contributed by atoms with Crippen LogP contribution in [0.15, 0.2) is 12.4 Å². The highest BCUT2D eigenvalue weighted by atomic mass is 16.2. The van der Waals surface area contributed by atoms with E-state index in [2.05, 4.69) is 33.6 Å². The Morgan fingerprint density at radius 2 is 1.67 bits per heavy atom. The molecular weight excluding hydrogens is 338 g/mol. The van der Waals surface area contributed by atoms with Crippen LogP contribution < -0.4 is 4.90 Å². The molecule has 0 aromatic carbocycles. The Bertz CT molecular complexity index is 650. The molecule has 2 saturated heterocycles. The number of hydrogen-bond acceptors (Lipinski definition) is 5. The molecular formula is C21H33N5O. The van der Waals surface area contributed by atoms with E-state index in [4.69, 9.17) is 0 Å². The van der Waals surface area contributed by atoms with Gasteiger partial charge in [-0.1, -0.05) is 13.8 Å². The number of anilines is 1. The number of likely N-dealkylation sites (tertiary alicyclic amines) is 1. The van der Waals surface area contributed by atoms with Gasteiger partial charge in [0.15, 0.2) is 0 Å². The molecule has 4 rings (SSSR count). The Labute approximate surface area is 162 Å². The number of rotatable bonds is 3. The lowest BCUT2D eigenvalue weighted by Gasteiger charge is -2.54. The molecule has 0 atom stereocenters. The van der Waals surface area contributed by atoms with Crippen LogP contribution in [-0.4, -0.2) is 71.0 Å². The molecule has 148 valence electrons. The summed E-state index contributed by atoms with van der Waals surface area (Å²) in [5.41, 5.74) is 1.60. The Balaban J connectivity index is 1.25. The standard InChI is InChI=1S/C21H33N5O/c1-16(2)20-22-12-19(13-23-20)25-10-8-24(9-11-25)18-4-6-21(7-5-18)14-26(15-21)17(3)27/h12-13,16,18H,4-11,14-15H2,1-3H3. The van der Waals surface area contributed by atoms with Crippen molar-refractivity contribution in [1.82, 2.24) is 19.8 Å². The van der Waals surface area contributed by atoms with Crippen LogP contribution in [0.5, 0.6) is 0 Å². The second-order valence-corrected chi connectivity index (χ2v) is 9.08. The van der Waals surface area contributed by atoms with Gasteiger partial charge >= 0.3 is 0 Å². The molecule has 1 aromatic heterocycles. The van der Waals surface area contributed by atoms with Gasteiger partial charge in [-0.15, -0.1) is 0 Å². The van der Waals surface area contributed by atoms with Crippen LogP contribution in [0, 0.1) is 5.41 Å². The first-order chi connectivity index (χ1) is 13.0. The van der Waals surface area contributed by atoms with Crippen molar-refractivity contribution < 1.29 is 4.79 Å². The van der Waals surface area contributed by atoms with Crippen LogP contribution in [0.4, 0.5) is 5.69 Å². The lowest BCUT2D eigenvalue weighted by molar-refractivity contribution is -0.144. The third kappa shape index (κ3) is 3.82. The fourth-order valence-corrected chi connectivity index (χ4v) is 5.02.